The second-order valence-corrected chi connectivity index (χ2v) is 5.18. The van der Waals surface area contributed by atoms with Crippen LogP contribution >= 0.6 is 0 Å². The van der Waals surface area contributed by atoms with Crippen LogP contribution < -0.4 is 0 Å². The van der Waals surface area contributed by atoms with Gasteiger partial charge < -0.3 is 4.52 Å². The Labute approximate surface area is 123 Å². The van der Waals surface area contributed by atoms with Crippen molar-refractivity contribution in [2.75, 3.05) is 0 Å². The Hall–Kier alpha value is -2.36. The molecule has 0 fully saturated rings. The Kier molecular flexibility index (Phi) is 3.86. The molecule has 0 bridgehead atoms. The molecule has 2 aromatic heterocycles. The monoisotopic (exact) mass is 282 g/mol. The molecule has 0 aliphatic carbocycles. The van der Waals surface area contributed by atoms with Gasteiger partial charge in [-0.15, -0.1) is 0 Å². The fraction of sp³-hybridized carbons (Fsp3) is 0.294. The summed E-state index contributed by atoms with van der Waals surface area (Å²) in [6.45, 7) is 2.15. The van der Waals surface area contributed by atoms with E-state index in [2.05, 4.69) is 12.1 Å². The molecule has 2 heterocycles. The predicted molar refractivity (Wildman–Crippen MR) is 81.4 cm³/mol. The van der Waals surface area contributed by atoms with E-state index in [1.807, 2.05) is 30.3 Å². The van der Waals surface area contributed by atoms with Crippen LogP contribution in [0.4, 0.5) is 0 Å². The lowest BCUT2D eigenvalue weighted by atomic mass is 10.1. The Balaban J connectivity index is 1.90. The van der Waals surface area contributed by atoms with Crippen molar-refractivity contribution in [2.45, 2.75) is 32.6 Å². The molecule has 3 rings (SSSR count). The van der Waals surface area contributed by atoms with Gasteiger partial charge in [-0.25, -0.2) is 0 Å². The molecule has 4 heteroatoms. The van der Waals surface area contributed by atoms with E-state index in [4.69, 9.17) is 4.52 Å². The van der Waals surface area contributed by atoms with Crippen molar-refractivity contribution >= 4 is 16.8 Å². The molecule has 4 nitrogen and oxygen atoms in total. The van der Waals surface area contributed by atoms with E-state index in [1.54, 1.807) is 10.8 Å². The Morgan fingerprint density at radius 2 is 2.10 bits per heavy atom. The highest BCUT2D eigenvalue weighted by Gasteiger charge is 2.18. The van der Waals surface area contributed by atoms with E-state index in [0.717, 1.165) is 42.3 Å². The first kappa shape index (κ1) is 13.6. The minimum Gasteiger partial charge on any atom is -0.364 e. The van der Waals surface area contributed by atoms with Gasteiger partial charge >= 0.3 is 0 Å². The number of aromatic nitrogens is 2. The van der Waals surface area contributed by atoms with Crippen molar-refractivity contribution < 1.29 is 9.32 Å². The average Bonchev–Trinajstić information content (AvgIpc) is 3.13. The van der Waals surface area contributed by atoms with E-state index in [9.17, 15) is 4.79 Å². The Morgan fingerprint density at radius 1 is 1.24 bits per heavy atom. The van der Waals surface area contributed by atoms with Crippen molar-refractivity contribution in [3.8, 4) is 0 Å². The summed E-state index contributed by atoms with van der Waals surface area (Å²) in [5.74, 6) is -0.0797. The van der Waals surface area contributed by atoms with Crippen LogP contribution in [-0.4, -0.2) is 15.6 Å². The first-order valence-electron chi connectivity index (χ1n) is 7.35. The number of hydrogen-bond acceptors (Lipinski definition) is 3. The average molecular weight is 282 g/mol. The Bertz CT molecular complexity index is 755. The van der Waals surface area contributed by atoms with Gasteiger partial charge in [0, 0.05) is 11.6 Å². The molecule has 0 saturated heterocycles. The van der Waals surface area contributed by atoms with E-state index in [0.29, 0.717) is 5.56 Å². The second-order valence-electron chi connectivity index (χ2n) is 5.18. The molecule has 0 amide bonds. The number of unbranched alkanes of at least 4 members (excludes halogenated alkanes) is 2. The molecular formula is C17H18N2O2. The topological polar surface area (TPSA) is 48.0 Å². The number of aryl methyl sites for hydroxylation is 1. The summed E-state index contributed by atoms with van der Waals surface area (Å²) in [4.78, 5) is 12.7. The number of fused-ring (bicyclic) bond motifs is 1. The molecular weight excluding hydrogens is 264 g/mol. The van der Waals surface area contributed by atoms with Gasteiger partial charge in [0.1, 0.15) is 11.8 Å². The quantitative estimate of drug-likeness (QED) is 0.663. The van der Waals surface area contributed by atoms with Crippen LogP contribution in [0.3, 0.4) is 0 Å². The van der Waals surface area contributed by atoms with Gasteiger partial charge in [-0.1, -0.05) is 43.1 Å². The molecule has 21 heavy (non-hydrogen) atoms. The SMILES string of the molecule is CCCCCc1nocc1C(=O)n1ccc2ccccc21. The molecule has 3 aromatic rings. The maximum absolute atomic E-state index is 12.7. The largest absolute Gasteiger partial charge is 0.364 e. The fourth-order valence-corrected chi connectivity index (χ4v) is 2.55. The number of hydrogen-bond donors (Lipinski definition) is 0. The molecule has 0 unspecified atom stereocenters. The van der Waals surface area contributed by atoms with Gasteiger partial charge in [0.25, 0.3) is 5.91 Å². The summed E-state index contributed by atoms with van der Waals surface area (Å²) < 4.78 is 6.68. The molecule has 0 saturated carbocycles. The van der Waals surface area contributed by atoms with Crippen LogP contribution in [0, 0.1) is 0 Å². The van der Waals surface area contributed by atoms with Crippen LogP contribution in [0.15, 0.2) is 47.3 Å². The standard InChI is InChI=1S/C17H18N2O2/c1-2-3-4-8-15-14(12-21-18-15)17(20)19-11-10-13-7-5-6-9-16(13)19/h5-7,9-12H,2-4,8H2,1H3. The maximum atomic E-state index is 12.7. The normalized spacial score (nSPS) is 11.1. The molecule has 0 N–H and O–H groups in total. The van der Waals surface area contributed by atoms with Gasteiger partial charge in [0.15, 0.2) is 0 Å². The Morgan fingerprint density at radius 3 is 2.95 bits per heavy atom. The van der Waals surface area contributed by atoms with Crippen LogP contribution in [0.2, 0.25) is 0 Å². The van der Waals surface area contributed by atoms with Crippen molar-refractivity contribution in [2.24, 2.45) is 0 Å². The number of nitrogens with zero attached hydrogens (tertiary/aromatic N) is 2. The number of para-hydroxylation sites is 1. The van der Waals surface area contributed by atoms with Gasteiger partial charge in [0.2, 0.25) is 0 Å². The van der Waals surface area contributed by atoms with Crippen LogP contribution in [0.5, 0.6) is 0 Å². The lowest BCUT2D eigenvalue weighted by Crippen LogP contribution is -2.12. The minimum absolute atomic E-state index is 0.0797. The first-order valence-corrected chi connectivity index (χ1v) is 7.35. The third kappa shape index (κ3) is 2.61. The molecule has 0 radical (unpaired) electrons. The van der Waals surface area contributed by atoms with E-state index in [1.165, 1.54) is 6.26 Å². The smallest absolute Gasteiger partial charge is 0.267 e. The van der Waals surface area contributed by atoms with Gasteiger partial charge in [-0.05, 0) is 25.0 Å². The van der Waals surface area contributed by atoms with Gasteiger partial charge in [0.05, 0.1) is 11.2 Å². The van der Waals surface area contributed by atoms with Crippen LogP contribution in [-0.2, 0) is 6.42 Å². The second kappa shape index (κ2) is 5.95. The predicted octanol–water partition coefficient (Wildman–Crippen LogP) is 4.05. The zero-order valence-electron chi connectivity index (χ0n) is 12.1. The minimum atomic E-state index is -0.0797. The van der Waals surface area contributed by atoms with Crippen LogP contribution in [0.25, 0.3) is 10.9 Å². The van der Waals surface area contributed by atoms with E-state index < -0.39 is 0 Å². The fourth-order valence-electron chi connectivity index (χ4n) is 2.55. The first-order chi connectivity index (χ1) is 10.3. The van der Waals surface area contributed by atoms with Gasteiger partial charge in [-0.3, -0.25) is 9.36 Å². The lowest BCUT2D eigenvalue weighted by Gasteiger charge is -2.03. The number of rotatable bonds is 5. The molecule has 0 aliphatic rings. The molecule has 1 aromatic carbocycles. The lowest BCUT2D eigenvalue weighted by molar-refractivity contribution is 0.0963. The zero-order chi connectivity index (χ0) is 14.7. The summed E-state index contributed by atoms with van der Waals surface area (Å²) in [7, 11) is 0. The summed E-state index contributed by atoms with van der Waals surface area (Å²) in [5, 5.41) is 5.04. The highest BCUT2D eigenvalue weighted by atomic mass is 16.5. The maximum Gasteiger partial charge on any atom is 0.267 e. The van der Waals surface area contributed by atoms with Crippen molar-refractivity contribution in [3.05, 3.63) is 54.0 Å². The zero-order valence-corrected chi connectivity index (χ0v) is 12.1. The molecule has 0 spiro atoms. The highest BCUT2D eigenvalue weighted by Crippen LogP contribution is 2.19. The van der Waals surface area contributed by atoms with Crippen molar-refractivity contribution in [1.29, 1.82) is 0 Å². The third-order valence-electron chi connectivity index (χ3n) is 3.71. The number of carbonyl (C=O) groups excluding carboxylic acids is 1. The van der Waals surface area contributed by atoms with Gasteiger partial charge in [-0.2, -0.15) is 0 Å². The third-order valence-corrected chi connectivity index (χ3v) is 3.71. The van der Waals surface area contributed by atoms with E-state index in [-0.39, 0.29) is 5.91 Å². The summed E-state index contributed by atoms with van der Waals surface area (Å²) in [5.41, 5.74) is 2.22. The highest BCUT2D eigenvalue weighted by molar-refractivity contribution is 6.02. The van der Waals surface area contributed by atoms with Crippen molar-refractivity contribution in [3.63, 3.8) is 0 Å². The molecule has 0 aliphatic heterocycles. The molecule has 108 valence electrons. The number of benzene rings is 1. The van der Waals surface area contributed by atoms with E-state index >= 15 is 0 Å². The summed E-state index contributed by atoms with van der Waals surface area (Å²) in [6, 6.07) is 9.78. The van der Waals surface area contributed by atoms with Crippen molar-refractivity contribution in [1.82, 2.24) is 9.72 Å². The molecule has 0 atom stereocenters. The number of carbonyl (C=O) groups is 1. The summed E-state index contributed by atoms with van der Waals surface area (Å²) >= 11 is 0. The van der Waals surface area contributed by atoms with Crippen LogP contribution in [0.1, 0.15) is 42.2 Å². The summed E-state index contributed by atoms with van der Waals surface area (Å²) in [6.07, 6.45) is 7.34.